The Labute approximate surface area is 135 Å². The molecule has 2 aromatic heterocycles. The smallest absolute Gasteiger partial charge is 0.335 e. The highest BCUT2D eigenvalue weighted by atomic mass is 32.2. The number of aryl methyl sites for hydroxylation is 2. The Balaban J connectivity index is 1.91. The number of benzene rings is 1. The predicted molar refractivity (Wildman–Crippen MR) is 84.5 cm³/mol. The summed E-state index contributed by atoms with van der Waals surface area (Å²) in [5.74, 6) is -1.15. The molecule has 10 heteroatoms. The van der Waals surface area contributed by atoms with Crippen molar-refractivity contribution in [3.05, 3.63) is 40.4 Å². The number of sulfonamides is 1. The van der Waals surface area contributed by atoms with E-state index >= 15 is 0 Å². The molecule has 0 aliphatic carbocycles. The van der Waals surface area contributed by atoms with Gasteiger partial charge in [0.2, 0.25) is 4.96 Å². The number of aromatic carboxylic acids is 1. The van der Waals surface area contributed by atoms with Crippen molar-refractivity contribution in [1.82, 2.24) is 14.6 Å². The van der Waals surface area contributed by atoms with Crippen molar-refractivity contribution < 1.29 is 18.3 Å². The largest absolute Gasteiger partial charge is 0.478 e. The van der Waals surface area contributed by atoms with Crippen LogP contribution in [0.3, 0.4) is 0 Å². The number of nitrogens with one attached hydrogen (secondary N) is 1. The highest BCUT2D eigenvalue weighted by Crippen LogP contribution is 2.22. The summed E-state index contributed by atoms with van der Waals surface area (Å²) in [7, 11) is -3.88. The van der Waals surface area contributed by atoms with Gasteiger partial charge in [-0.15, -0.1) is 5.10 Å². The molecule has 0 fully saturated rings. The molecule has 2 N–H and O–H groups in total. The molecule has 0 atom stereocenters. The molecule has 3 aromatic rings. The van der Waals surface area contributed by atoms with Crippen molar-refractivity contribution in [2.45, 2.75) is 18.7 Å². The quantitative estimate of drug-likeness (QED) is 0.741. The molecule has 0 saturated heterocycles. The van der Waals surface area contributed by atoms with Crippen LogP contribution < -0.4 is 4.72 Å². The first kappa shape index (κ1) is 15.4. The van der Waals surface area contributed by atoms with E-state index in [1.165, 1.54) is 35.6 Å². The molecular formula is C13H12N4O4S2. The fourth-order valence-corrected chi connectivity index (χ4v) is 3.78. The van der Waals surface area contributed by atoms with Crippen molar-refractivity contribution >= 4 is 38.2 Å². The maximum Gasteiger partial charge on any atom is 0.335 e. The first-order valence-corrected chi connectivity index (χ1v) is 8.77. The number of nitrogens with zero attached hydrogens (tertiary/aromatic N) is 3. The monoisotopic (exact) mass is 352 g/mol. The summed E-state index contributed by atoms with van der Waals surface area (Å²) >= 11 is 1.42. The number of carboxylic acid groups (broad SMARTS) is 1. The van der Waals surface area contributed by atoms with Crippen molar-refractivity contribution in [2.75, 3.05) is 4.72 Å². The Morgan fingerprint density at radius 2 is 1.91 bits per heavy atom. The summed E-state index contributed by atoms with van der Waals surface area (Å²) in [6.45, 7) is 3.81. The lowest BCUT2D eigenvalue weighted by molar-refractivity contribution is 0.0696. The van der Waals surface area contributed by atoms with Crippen LogP contribution in [-0.4, -0.2) is 34.1 Å². The standard InChI is InChI=1S/C13H12N4O4S2/c1-7-8(2)22-13-14-12(15-17(7)13)16-23(20,21)10-5-3-9(4-6-10)11(18)19/h3-6H,1-2H3,(H,15,16)(H,18,19). The van der Waals surface area contributed by atoms with Gasteiger partial charge in [0, 0.05) is 4.88 Å². The summed E-state index contributed by atoms with van der Waals surface area (Å²) in [6.07, 6.45) is 0. The van der Waals surface area contributed by atoms with Gasteiger partial charge in [-0.2, -0.15) is 4.98 Å². The average molecular weight is 352 g/mol. The van der Waals surface area contributed by atoms with Crippen LogP contribution in [0.15, 0.2) is 29.2 Å². The molecule has 0 bridgehead atoms. The zero-order valence-electron chi connectivity index (χ0n) is 12.1. The molecule has 23 heavy (non-hydrogen) atoms. The van der Waals surface area contributed by atoms with Crippen molar-refractivity contribution in [2.24, 2.45) is 0 Å². The second kappa shape index (κ2) is 5.32. The number of carbonyl (C=O) groups is 1. The van der Waals surface area contributed by atoms with E-state index in [9.17, 15) is 13.2 Å². The van der Waals surface area contributed by atoms with Crippen LogP contribution in [0, 0.1) is 13.8 Å². The lowest BCUT2D eigenvalue weighted by atomic mass is 10.2. The predicted octanol–water partition coefficient (Wildman–Crippen LogP) is 1.91. The lowest BCUT2D eigenvalue weighted by Crippen LogP contribution is -2.14. The van der Waals surface area contributed by atoms with Crippen LogP contribution in [0.5, 0.6) is 0 Å². The maximum atomic E-state index is 12.3. The summed E-state index contributed by atoms with van der Waals surface area (Å²) in [6, 6.07) is 4.90. The molecule has 2 heterocycles. The Kier molecular flexibility index (Phi) is 3.57. The minimum Gasteiger partial charge on any atom is -0.478 e. The zero-order chi connectivity index (χ0) is 16.8. The number of hydrogen-bond donors (Lipinski definition) is 2. The third kappa shape index (κ3) is 2.78. The van der Waals surface area contributed by atoms with Crippen molar-refractivity contribution in [3.8, 4) is 0 Å². The van der Waals surface area contributed by atoms with Crippen LogP contribution >= 0.6 is 11.3 Å². The molecule has 120 valence electrons. The van der Waals surface area contributed by atoms with E-state index in [1.807, 2.05) is 13.8 Å². The molecular weight excluding hydrogens is 340 g/mol. The van der Waals surface area contributed by atoms with E-state index in [0.29, 0.717) is 4.96 Å². The number of thiazole rings is 1. The summed E-state index contributed by atoms with van der Waals surface area (Å²) < 4.78 is 28.4. The number of anilines is 1. The van der Waals surface area contributed by atoms with Crippen molar-refractivity contribution in [1.29, 1.82) is 0 Å². The fraction of sp³-hybridized carbons (Fsp3) is 0.154. The summed E-state index contributed by atoms with van der Waals surface area (Å²) in [5, 5.41) is 13.0. The molecule has 8 nitrogen and oxygen atoms in total. The third-order valence-corrected chi connectivity index (χ3v) is 5.68. The Bertz CT molecular complexity index is 1000. The minimum atomic E-state index is -3.88. The SMILES string of the molecule is Cc1sc2nc(NS(=O)(=O)c3ccc(C(=O)O)cc3)nn2c1C. The molecule has 1 aromatic carbocycles. The summed E-state index contributed by atoms with van der Waals surface area (Å²) in [5.41, 5.74) is 0.907. The van der Waals surface area contributed by atoms with E-state index in [1.54, 1.807) is 4.52 Å². The van der Waals surface area contributed by atoms with Gasteiger partial charge in [-0.3, -0.25) is 0 Å². The zero-order valence-corrected chi connectivity index (χ0v) is 13.8. The normalized spacial score (nSPS) is 11.7. The minimum absolute atomic E-state index is 0.00989. The van der Waals surface area contributed by atoms with E-state index in [2.05, 4.69) is 14.8 Å². The molecule has 0 spiro atoms. The molecule has 0 aliphatic heterocycles. The maximum absolute atomic E-state index is 12.3. The van der Waals surface area contributed by atoms with Gasteiger partial charge < -0.3 is 5.11 Å². The first-order chi connectivity index (χ1) is 10.8. The molecule has 0 saturated carbocycles. The number of fused-ring (bicyclic) bond motifs is 1. The van der Waals surface area contributed by atoms with Crippen LogP contribution in [0.4, 0.5) is 5.95 Å². The second-order valence-electron chi connectivity index (χ2n) is 4.81. The summed E-state index contributed by atoms with van der Waals surface area (Å²) in [4.78, 5) is 16.5. The second-order valence-corrected chi connectivity index (χ2v) is 7.67. The Morgan fingerprint density at radius 3 is 2.48 bits per heavy atom. The highest BCUT2D eigenvalue weighted by Gasteiger charge is 2.19. The van der Waals surface area contributed by atoms with E-state index in [-0.39, 0.29) is 16.4 Å². The molecule has 0 radical (unpaired) electrons. The van der Waals surface area contributed by atoms with Crippen LogP contribution in [0.25, 0.3) is 4.96 Å². The topological polar surface area (TPSA) is 114 Å². The van der Waals surface area contributed by atoms with Crippen LogP contribution in [0.2, 0.25) is 0 Å². The molecule has 3 rings (SSSR count). The van der Waals surface area contributed by atoms with E-state index < -0.39 is 16.0 Å². The first-order valence-electron chi connectivity index (χ1n) is 6.47. The average Bonchev–Trinajstić information content (AvgIpc) is 2.98. The fourth-order valence-electron chi connectivity index (χ4n) is 1.94. The van der Waals surface area contributed by atoms with Gasteiger partial charge in [-0.1, -0.05) is 11.3 Å². The van der Waals surface area contributed by atoms with Gasteiger partial charge in [0.15, 0.2) is 0 Å². The van der Waals surface area contributed by atoms with Crippen molar-refractivity contribution in [3.63, 3.8) is 0 Å². The van der Waals surface area contributed by atoms with Crippen LogP contribution in [0.1, 0.15) is 20.9 Å². The van der Waals surface area contributed by atoms with Gasteiger partial charge in [0.25, 0.3) is 16.0 Å². The molecule has 0 aliphatic rings. The lowest BCUT2D eigenvalue weighted by Gasteiger charge is -2.04. The number of hydrogen-bond acceptors (Lipinski definition) is 6. The highest BCUT2D eigenvalue weighted by molar-refractivity contribution is 7.92. The van der Waals surface area contributed by atoms with E-state index in [4.69, 9.17) is 5.11 Å². The van der Waals surface area contributed by atoms with Gasteiger partial charge >= 0.3 is 5.97 Å². The van der Waals surface area contributed by atoms with Gasteiger partial charge in [0.1, 0.15) is 0 Å². The molecule has 0 amide bonds. The van der Waals surface area contributed by atoms with Gasteiger partial charge in [-0.25, -0.2) is 22.4 Å². The molecule has 0 unspecified atom stereocenters. The third-order valence-electron chi connectivity index (χ3n) is 3.29. The van der Waals surface area contributed by atoms with Crippen LogP contribution in [-0.2, 0) is 10.0 Å². The number of aromatic nitrogens is 3. The number of carboxylic acids is 1. The van der Waals surface area contributed by atoms with Gasteiger partial charge in [-0.05, 0) is 38.1 Å². The number of rotatable bonds is 4. The Hall–Kier alpha value is -2.46. The van der Waals surface area contributed by atoms with E-state index in [0.717, 1.165) is 10.6 Å². The Morgan fingerprint density at radius 1 is 1.26 bits per heavy atom. The van der Waals surface area contributed by atoms with Gasteiger partial charge in [0.05, 0.1) is 16.2 Å².